The Morgan fingerprint density at radius 3 is 2.34 bits per heavy atom. The number of esters is 1. The first-order valence-corrected chi connectivity index (χ1v) is 10.8. The minimum absolute atomic E-state index is 0.0115. The van der Waals surface area contributed by atoms with Crippen LogP contribution in [0.3, 0.4) is 0 Å². The summed E-state index contributed by atoms with van der Waals surface area (Å²) in [5.41, 5.74) is 0.675. The van der Waals surface area contributed by atoms with Gasteiger partial charge in [-0.3, -0.25) is 4.79 Å². The summed E-state index contributed by atoms with van der Waals surface area (Å²) in [5.74, 6) is -3.91. The van der Waals surface area contributed by atoms with E-state index in [9.17, 15) is 26.8 Å². The van der Waals surface area contributed by atoms with E-state index >= 15 is 0 Å². The van der Waals surface area contributed by atoms with E-state index in [-0.39, 0.29) is 22.7 Å². The molecule has 0 atom stereocenters. The molecule has 10 heteroatoms. The third-order valence-corrected chi connectivity index (χ3v) is 5.63. The first-order chi connectivity index (χ1) is 15.2. The van der Waals surface area contributed by atoms with E-state index in [0.29, 0.717) is 0 Å². The zero-order valence-electron chi connectivity index (χ0n) is 16.5. The standard InChI is InChI=1S/C22H18F2N2O5S/c23-19-10-9-17(12-20(19)24)26-21(27)14-31-22(28)16-7-4-8-18(11-16)32(29,30)25-13-15-5-2-1-3-6-15/h1-12,25H,13-14H2,(H,26,27). The lowest BCUT2D eigenvalue weighted by molar-refractivity contribution is -0.119. The minimum Gasteiger partial charge on any atom is -0.452 e. The summed E-state index contributed by atoms with van der Waals surface area (Å²) in [6.45, 7) is -0.636. The smallest absolute Gasteiger partial charge is 0.338 e. The lowest BCUT2D eigenvalue weighted by Crippen LogP contribution is -2.24. The van der Waals surface area contributed by atoms with Crippen LogP contribution >= 0.6 is 0 Å². The van der Waals surface area contributed by atoms with E-state index in [1.807, 2.05) is 6.07 Å². The van der Waals surface area contributed by atoms with Crippen LogP contribution in [0.2, 0.25) is 0 Å². The van der Waals surface area contributed by atoms with Crippen molar-refractivity contribution in [1.29, 1.82) is 0 Å². The van der Waals surface area contributed by atoms with E-state index in [1.54, 1.807) is 24.3 Å². The van der Waals surface area contributed by atoms with Crippen LogP contribution in [0, 0.1) is 11.6 Å². The number of hydrogen-bond acceptors (Lipinski definition) is 5. The second kappa shape index (κ2) is 10.1. The fourth-order valence-corrected chi connectivity index (χ4v) is 3.70. The molecular weight excluding hydrogens is 442 g/mol. The quantitative estimate of drug-likeness (QED) is 0.503. The number of halogens is 2. The number of benzene rings is 3. The van der Waals surface area contributed by atoms with Gasteiger partial charge < -0.3 is 10.1 Å². The third-order valence-electron chi connectivity index (χ3n) is 4.23. The van der Waals surface area contributed by atoms with Crippen LogP contribution in [0.25, 0.3) is 0 Å². The van der Waals surface area contributed by atoms with Crippen molar-refractivity contribution in [2.24, 2.45) is 0 Å². The van der Waals surface area contributed by atoms with E-state index in [4.69, 9.17) is 4.74 Å². The van der Waals surface area contributed by atoms with Crippen LogP contribution in [0.5, 0.6) is 0 Å². The minimum atomic E-state index is -3.90. The molecule has 7 nitrogen and oxygen atoms in total. The number of nitrogens with one attached hydrogen (secondary N) is 2. The third kappa shape index (κ3) is 6.19. The van der Waals surface area contributed by atoms with E-state index < -0.39 is 40.1 Å². The van der Waals surface area contributed by atoms with Crippen molar-refractivity contribution in [2.45, 2.75) is 11.4 Å². The average Bonchev–Trinajstić information content (AvgIpc) is 2.79. The van der Waals surface area contributed by atoms with Crippen molar-refractivity contribution in [3.05, 3.63) is 95.6 Å². The fourth-order valence-electron chi connectivity index (χ4n) is 2.63. The highest BCUT2D eigenvalue weighted by molar-refractivity contribution is 7.89. The summed E-state index contributed by atoms with van der Waals surface area (Å²) in [6, 6.07) is 16.8. The monoisotopic (exact) mass is 460 g/mol. The van der Waals surface area contributed by atoms with Gasteiger partial charge in [0.25, 0.3) is 5.91 Å². The van der Waals surface area contributed by atoms with Crippen molar-refractivity contribution >= 4 is 27.6 Å². The van der Waals surface area contributed by atoms with Gasteiger partial charge in [-0.2, -0.15) is 0 Å². The largest absolute Gasteiger partial charge is 0.452 e. The van der Waals surface area contributed by atoms with E-state index in [2.05, 4.69) is 10.0 Å². The van der Waals surface area contributed by atoms with Gasteiger partial charge in [0.2, 0.25) is 10.0 Å². The zero-order chi connectivity index (χ0) is 23.1. The molecule has 0 heterocycles. The molecule has 32 heavy (non-hydrogen) atoms. The molecule has 0 bridgehead atoms. The number of hydrogen-bond donors (Lipinski definition) is 2. The Labute approximate surface area is 183 Å². The average molecular weight is 460 g/mol. The Kier molecular flexibility index (Phi) is 7.29. The first-order valence-electron chi connectivity index (χ1n) is 9.30. The number of carbonyl (C=O) groups is 2. The zero-order valence-corrected chi connectivity index (χ0v) is 17.4. The maximum Gasteiger partial charge on any atom is 0.338 e. The van der Waals surface area contributed by atoms with Crippen LogP contribution in [-0.2, 0) is 26.1 Å². The van der Waals surface area contributed by atoms with Crippen molar-refractivity contribution in [3.63, 3.8) is 0 Å². The van der Waals surface area contributed by atoms with Crippen LogP contribution < -0.4 is 10.0 Å². The highest BCUT2D eigenvalue weighted by Gasteiger charge is 2.17. The number of anilines is 1. The Bertz CT molecular complexity index is 1230. The number of ether oxygens (including phenoxy) is 1. The van der Waals surface area contributed by atoms with Crippen LogP contribution in [0.1, 0.15) is 15.9 Å². The Hall–Kier alpha value is -3.63. The summed E-state index contributed by atoms with van der Waals surface area (Å²) in [7, 11) is -3.90. The van der Waals surface area contributed by atoms with Gasteiger partial charge in [0, 0.05) is 18.3 Å². The fraction of sp³-hybridized carbons (Fsp3) is 0.0909. The molecule has 0 saturated heterocycles. The lowest BCUT2D eigenvalue weighted by atomic mass is 10.2. The SMILES string of the molecule is O=C(COC(=O)c1cccc(S(=O)(=O)NCc2ccccc2)c1)Nc1ccc(F)c(F)c1. The first kappa shape index (κ1) is 23.0. The molecule has 0 aliphatic carbocycles. The highest BCUT2D eigenvalue weighted by Crippen LogP contribution is 2.15. The molecule has 0 aliphatic rings. The predicted octanol–water partition coefficient (Wildman–Crippen LogP) is 3.24. The van der Waals surface area contributed by atoms with Crippen LogP contribution in [0.4, 0.5) is 14.5 Å². The van der Waals surface area contributed by atoms with Gasteiger partial charge in [-0.15, -0.1) is 0 Å². The van der Waals surface area contributed by atoms with Crippen molar-refractivity contribution < 1.29 is 31.5 Å². The van der Waals surface area contributed by atoms with Gasteiger partial charge in [-0.1, -0.05) is 36.4 Å². The van der Waals surface area contributed by atoms with Crippen molar-refractivity contribution in [2.75, 3.05) is 11.9 Å². The molecule has 3 aromatic carbocycles. The van der Waals surface area contributed by atoms with Gasteiger partial charge in [-0.25, -0.2) is 26.7 Å². The molecule has 0 aliphatic heterocycles. The molecule has 3 rings (SSSR count). The van der Waals surface area contributed by atoms with E-state index in [1.165, 1.54) is 18.2 Å². The molecule has 2 N–H and O–H groups in total. The second-order valence-electron chi connectivity index (χ2n) is 6.59. The maximum absolute atomic E-state index is 13.2. The normalized spacial score (nSPS) is 11.1. The van der Waals surface area contributed by atoms with Crippen LogP contribution in [0.15, 0.2) is 77.7 Å². The van der Waals surface area contributed by atoms with Gasteiger partial charge >= 0.3 is 5.97 Å². The molecule has 0 unspecified atom stereocenters. The Balaban J connectivity index is 1.59. The molecular formula is C22H18F2N2O5S. The summed E-state index contributed by atoms with van der Waals surface area (Å²) in [4.78, 5) is 24.0. The summed E-state index contributed by atoms with van der Waals surface area (Å²) >= 11 is 0. The summed E-state index contributed by atoms with van der Waals surface area (Å²) in [6.07, 6.45) is 0. The van der Waals surface area contributed by atoms with Gasteiger partial charge in [0.1, 0.15) is 0 Å². The molecule has 166 valence electrons. The van der Waals surface area contributed by atoms with E-state index in [0.717, 1.165) is 29.8 Å². The van der Waals surface area contributed by atoms with Gasteiger partial charge in [0.05, 0.1) is 10.5 Å². The summed E-state index contributed by atoms with van der Waals surface area (Å²) < 4.78 is 58.5. The van der Waals surface area contributed by atoms with Gasteiger partial charge in [0.15, 0.2) is 18.2 Å². The second-order valence-corrected chi connectivity index (χ2v) is 8.36. The molecule has 0 fully saturated rings. The Morgan fingerprint density at radius 2 is 1.62 bits per heavy atom. The number of rotatable bonds is 8. The molecule has 3 aromatic rings. The number of sulfonamides is 1. The maximum atomic E-state index is 13.2. The van der Waals surface area contributed by atoms with Crippen molar-refractivity contribution in [3.8, 4) is 0 Å². The molecule has 0 spiro atoms. The van der Waals surface area contributed by atoms with Gasteiger partial charge in [-0.05, 0) is 35.9 Å². The highest BCUT2D eigenvalue weighted by atomic mass is 32.2. The molecule has 0 radical (unpaired) electrons. The molecule has 0 aromatic heterocycles. The van der Waals surface area contributed by atoms with Crippen molar-refractivity contribution in [1.82, 2.24) is 4.72 Å². The predicted molar refractivity (Wildman–Crippen MR) is 112 cm³/mol. The lowest BCUT2D eigenvalue weighted by Gasteiger charge is -2.09. The number of amides is 1. The van der Waals surface area contributed by atoms with Crippen LogP contribution in [-0.4, -0.2) is 26.9 Å². The Morgan fingerprint density at radius 1 is 0.875 bits per heavy atom. The molecule has 1 amide bonds. The molecule has 0 saturated carbocycles. The number of carbonyl (C=O) groups excluding carboxylic acids is 2. The summed E-state index contributed by atoms with van der Waals surface area (Å²) in [5, 5.41) is 2.26. The topological polar surface area (TPSA) is 102 Å².